The number of nitrogens with zero attached hydrogens (tertiary/aromatic N) is 6. The Morgan fingerprint density at radius 3 is 2.83 bits per heavy atom. The smallest absolute Gasteiger partial charge is 0.235 e. The van der Waals surface area contributed by atoms with E-state index in [2.05, 4.69) is 32.0 Å². The number of aromatic nitrogens is 3. The first kappa shape index (κ1) is 18.8. The summed E-state index contributed by atoms with van der Waals surface area (Å²) in [5.41, 5.74) is 3.92. The zero-order valence-electron chi connectivity index (χ0n) is 17.2. The van der Waals surface area contributed by atoms with Crippen LogP contribution in [0.15, 0.2) is 18.3 Å². The molecule has 0 radical (unpaired) electrons. The highest BCUT2D eigenvalue weighted by Gasteiger charge is 2.38. The quantitative estimate of drug-likeness (QED) is 0.756. The zero-order valence-corrected chi connectivity index (χ0v) is 17.2. The van der Waals surface area contributed by atoms with Gasteiger partial charge in [-0.1, -0.05) is 0 Å². The van der Waals surface area contributed by atoms with Gasteiger partial charge in [0.1, 0.15) is 6.07 Å². The van der Waals surface area contributed by atoms with E-state index in [0.29, 0.717) is 36.4 Å². The van der Waals surface area contributed by atoms with Crippen LogP contribution in [0.25, 0.3) is 0 Å². The molecule has 5 rings (SSSR count). The lowest BCUT2D eigenvalue weighted by molar-refractivity contribution is -0.134. The molecule has 0 N–H and O–H groups in total. The third kappa shape index (κ3) is 3.24. The van der Waals surface area contributed by atoms with Crippen molar-refractivity contribution in [1.82, 2.24) is 19.9 Å². The summed E-state index contributed by atoms with van der Waals surface area (Å²) < 4.78 is 5.35. The van der Waals surface area contributed by atoms with Crippen molar-refractivity contribution >= 4 is 11.6 Å². The molecule has 2 aromatic heterocycles. The van der Waals surface area contributed by atoms with Crippen LogP contribution in [0, 0.1) is 17.2 Å². The number of fused-ring (bicyclic) bond motifs is 1. The van der Waals surface area contributed by atoms with Crippen LogP contribution in [0.1, 0.15) is 60.9 Å². The number of carbonyl (C=O) groups is 1. The van der Waals surface area contributed by atoms with Gasteiger partial charge in [-0.3, -0.25) is 9.78 Å². The average molecular weight is 404 g/mol. The number of amides is 1. The molecule has 8 heteroatoms. The van der Waals surface area contributed by atoms with E-state index in [9.17, 15) is 4.79 Å². The highest BCUT2D eigenvalue weighted by molar-refractivity contribution is 5.78. The van der Waals surface area contributed by atoms with Crippen LogP contribution in [0.2, 0.25) is 0 Å². The van der Waals surface area contributed by atoms with Crippen LogP contribution in [-0.2, 0) is 11.3 Å². The molecule has 2 aliphatic heterocycles. The molecule has 30 heavy (non-hydrogen) atoms. The van der Waals surface area contributed by atoms with Gasteiger partial charge in [0.25, 0.3) is 0 Å². The van der Waals surface area contributed by atoms with E-state index in [1.54, 1.807) is 0 Å². The molecular formula is C22H24N6O2. The van der Waals surface area contributed by atoms with Crippen molar-refractivity contribution in [3.8, 4) is 11.9 Å². The molecule has 1 aliphatic carbocycles. The lowest BCUT2D eigenvalue weighted by Crippen LogP contribution is -2.48. The first-order valence-electron chi connectivity index (χ1n) is 10.4. The number of nitriles is 1. The Morgan fingerprint density at radius 1 is 1.33 bits per heavy atom. The monoisotopic (exact) mass is 404 g/mol. The first-order chi connectivity index (χ1) is 14.6. The maximum Gasteiger partial charge on any atom is 0.235 e. The van der Waals surface area contributed by atoms with Gasteiger partial charge in [-0.05, 0) is 31.9 Å². The lowest BCUT2D eigenvalue weighted by Gasteiger charge is -2.41. The summed E-state index contributed by atoms with van der Waals surface area (Å²) in [4.78, 5) is 30.1. The Kier molecular flexibility index (Phi) is 4.54. The molecule has 1 unspecified atom stereocenters. The Morgan fingerprint density at radius 2 is 2.13 bits per heavy atom. The molecule has 1 amide bonds. The number of methoxy groups -OCH3 is 1. The molecule has 0 spiro atoms. The van der Waals surface area contributed by atoms with Gasteiger partial charge in [0.2, 0.25) is 17.6 Å². The maximum absolute atomic E-state index is 13.0. The van der Waals surface area contributed by atoms with Crippen molar-refractivity contribution in [2.24, 2.45) is 5.92 Å². The van der Waals surface area contributed by atoms with E-state index in [4.69, 9.17) is 10.00 Å². The van der Waals surface area contributed by atoms with Crippen molar-refractivity contribution in [2.75, 3.05) is 25.1 Å². The Hall–Kier alpha value is -3.21. The Balaban J connectivity index is 1.22. The van der Waals surface area contributed by atoms with E-state index in [-0.39, 0.29) is 17.8 Å². The maximum atomic E-state index is 13.0. The molecule has 1 saturated heterocycles. The molecule has 2 aromatic rings. The van der Waals surface area contributed by atoms with E-state index >= 15 is 0 Å². The predicted molar refractivity (Wildman–Crippen MR) is 109 cm³/mol. The number of anilines is 1. The summed E-state index contributed by atoms with van der Waals surface area (Å²) in [5, 5.41) is 9.14. The van der Waals surface area contributed by atoms with Crippen LogP contribution < -0.4 is 9.64 Å². The zero-order chi connectivity index (χ0) is 20.8. The van der Waals surface area contributed by atoms with Crippen LogP contribution in [0.3, 0.4) is 0 Å². The summed E-state index contributed by atoms with van der Waals surface area (Å²) in [5.74, 6) is 1.55. The van der Waals surface area contributed by atoms with E-state index in [1.165, 1.54) is 31.3 Å². The van der Waals surface area contributed by atoms with E-state index < -0.39 is 0 Å². The van der Waals surface area contributed by atoms with Gasteiger partial charge in [-0.15, -0.1) is 0 Å². The fourth-order valence-electron chi connectivity index (χ4n) is 4.51. The topological polar surface area (TPSA) is 95.2 Å². The molecule has 1 saturated carbocycles. The minimum Gasteiger partial charge on any atom is -0.481 e. The fourth-order valence-corrected chi connectivity index (χ4v) is 4.51. The highest BCUT2D eigenvalue weighted by Crippen LogP contribution is 2.41. The summed E-state index contributed by atoms with van der Waals surface area (Å²) in [6, 6.07) is 6.06. The predicted octanol–water partition coefficient (Wildman–Crippen LogP) is 2.56. The van der Waals surface area contributed by atoms with Gasteiger partial charge in [0.15, 0.2) is 0 Å². The lowest BCUT2D eigenvalue weighted by atomic mass is 9.94. The Labute approximate surface area is 175 Å². The number of pyridine rings is 1. The number of ether oxygens (including phenoxy) is 1. The van der Waals surface area contributed by atoms with Crippen LogP contribution in [0.4, 0.5) is 5.69 Å². The largest absolute Gasteiger partial charge is 0.481 e. The second-order valence-electron chi connectivity index (χ2n) is 8.41. The van der Waals surface area contributed by atoms with Crippen molar-refractivity contribution in [3.05, 3.63) is 41.1 Å². The summed E-state index contributed by atoms with van der Waals surface area (Å²) in [6.07, 6.45) is 4.90. The van der Waals surface area contributed by atoms with Crippen LogP contribution in [0.5, 0.6) is 5.88 Å². The third-order valence-corrected chi connectivity index (χ3v) is 6.35. The van der Waals surface area contributed by atoms with Crippen molar-refractivity contribution in [1.29, 1.82) is 5.26 Å². The number of rotatable bonds is 5. The average Bonchev–Trinajstić information content (AvgIpc) is 3.53. The number of hydrogen-bond donors (Lipinski definition) is 0. The van der Waals surface area contributed by atoms with Gasteiger partial charge in [-0.2, -0.15) is 10.2 Å². The SMILES string of the molecule is COc1nc(C#N)nc2c1C(C)N(C(=O)CC1CN(c3ccnc(C4CC4)c3)C1)C2. The molecule has 8 nitrogen and oxygen atoms in total. The molecule has 1 atom stereocenters. The fraction of sp³-hybridized carbons (Fsp3) is 0.500. The number of hydrogen-bond acceptors (Lipinski definition) is 7. The molecule has 4 heterocycles. The highest BCUT2D eigenvalue weighted by atomic mass is 16.5. The van der Waals surface area contributed by atoms with Gasteiger partial charge >= 0.3 is 0 Å². The molecule has 0 bridgehead atoms. The molecule has 0 aromatic carbocycles. The summed E-state index contributed by atoms with van der Waals surface area (Å²) >= 11 is 0. The van der Waals surface area contributed by atoms with Crippen molar-refractivity contribution < 1.29 is 9.53 Å². The van der Waals surface area contributed by atoms with Crippen molar-refractivity contribution in [3.63, 3.8) is 0 Å². The van der Waals surface area contributed by atoms with Gasteiger partial charge in [-0.25, -0.2) is 4.98 Å². The molecular weight excluding hydrogens is 380 g/mol. The van der Waals surface area contributed by atoms with Crippen LogP contribution >= 0.6 is 0 Å². The van der Waals surface area contributed by atoms with E-state index in [0.717, 1.165) is 18.7 Å². The van der Waals surface area contributed by atoms with Gasteiger partial charge < -0.3 is 14.5 Å². The summed E-state index contributed by atoms with van der Waals surface area (Å²) in [7, 11) is 1.53. The molecule has 3 aliphatic rings. The van der Waals surface area contributed by atoms with E-state index in [1.807, 2.05) is 24.1 Å². The normalized spacial score (nSPS) is 20.5. The van der Waals surface area contributed by atoms with Gasteiger partial charge in [0, 0.05) is 48.9 Å². The standard InChI is InChI=1S/C22H24N6O2/c1-13-21-18(25-19(9-23)26-22(21)30-2)12-28(13)20(29)7-14-10-27(11-14)16-5-6-24-17(8-16)15-3-4-15/h5-6,8,13-15H,3-4,7,10-12H2,1-2H3. The second-order valence-corrected chi connectivity index (χ2v) is 8.41. The van der Waals surface area contributed by atoms with Crippen molar-refractivity contribution in [2.45, 2.75) is 44.7 Å². The van der Waals surface area contributed by atoms with Gasteiger partial charge in [0.05, 0.1) is 31.0 Å². The van der Waals surface area contributed by atoms with Crippen LogP contribution in [-0.4, -0.2) is 46.0 Å². The molecule has 154 valence electrons. The minimum atomic E-state index is -0.160. The third-order valence-electron chi connectivity index (χ3n) is 6.35. The minimum absolute atomic E-state index is 0.0738. The number of carbonyl (C=O) groups excluding carboxylic acids is 1. The molecule has 2 fully saturated rings. The Bertz CT molecular complexity index is 1040. The summed E-state index contributed by atoms with van der Waals surface area (Å²) in [6.45, 7) is 4.13. The first-order valence-corrected chi connectivity index (χ1v) is 10.4. The second kappa shape index (κ2) is 7.24.